The van der Waals surface area contributed by atoms with E-state index in [9.17, 15) is 4.79 Å². The van der Waals surface area contributed by atoms with E-state index in [1.54, 1.807) is 19.2 Å². The Hall–Kier alpha value is -1.78. The van der Waals surface area contributed by atoms with Gasteiger partial charge in [-0.05, 0) is 36.2 Å². The first-order valence-corrected chi connectivity index (χ1v) is 6.86. The summed E-state index contributed by atoms with van der Waals surface area (Å²) >= 11 is 5.83. The van der Waals surface area contributed by atoms with Crippen LogP contribution in [-0.2, 0) is 17.8 Å². The summed E-state index contributed by atoms with van der Waals surface area (Å²) in [5.74, 6) is -0.323. The summed E-state index contributed by atoms with van der Waals surface area (Å²) < 4.78 is 4.92. The van der Waals surface area contributed by atoms with Crippen molar-refractivity contribution < 1.29 is 9.53 Å². The van der Waals surface area contributed by atoms with Crippen molar-refractivity contribution in [3.05, 3.63) is 58.4 Å². The molecule has 0 saturated heterocycles. The highest BCUT2D eigenvalue weighted by Gasteiger charge is 2.08. The maximum Gasteiger partial charge on any atom is 0.354 e. The highest BCUT2D eigenvalue weighted by molar-refractivity contribution is 6.30. The molecule has 0 atom stereocenters. The van der Waals surface area contributed by atoms with Crippen LogP contribution >= 0.6 is 11.6 Å². The van der Waals surface area contributed by atoms with Crippen LogP contribution in [0.1, 0.15) is 28.5 Å². The summed E-state index contributed by atoms with van der Waals surface area (Å²) in [6.45, 7) is 3.59. The molecule has 1 aromatic carbocycles. The minimum Gasteiger partial charge on any atom is -0.461 e. The quantitative estimate of drug-likeness (QED) is 0.804. The average molecular weight is 293 g/mol. The third-order valence-electron chi connectivity index (χ3n) is 2.81. The Morgan fingerprint density at radius 1 is 1.25 bits per heavy atom. The van der Waals surface area contributed by atoms with E-state index in [0.29, 0.717) is 18.8 Å². The highest BCUT2D eigenvalue weighted by atomic mass is 35.5. The van der Waals surface area contributed by atoms with Crippen LogP contribution in [-0.4, -0.2) is 17.6 Å². The number of carbonyl (C=O) groups is 1. The van der Waals surface area contributed by atoms with Gasteiger partial charge in [0.25, 0.3) is 0 Å². The molecule has 2 N–H and O–H groups in total. The van der Waals surface area contributed by atoms with Crippen LogP contribution in [0.4, 0.5) is 0 Å². The molecule has 0 fully saturated rings. The minimum atomic E-state index is -0.323. The number of H-pyrrole nitrogens is 1. The fourth-order valence-electron chi connectivity index (χ4n) is 1.82. The van der Waals surface area contributed by atoms with Gasteiger partial charge in [-0.25, -0.2) is 4.79 Å². The minimum absolute atomic E-state index is 0.323. The molecule has 1 heterocycles. The summed E-state index contributed by atoms with van der Waals surface area (Å²) in [7, 11) is 0. The van der Waals surface area contributed by atoms with Crippen LogP contribution in [0.25, 0.3) is 0 Å². The van der Waals surface area contributed by atoms with Gasteiger partial charge >= 0.3 is 5.97 Å². The van der Waals surface area contributed by atoms with Crippen LogP contribution < -0.4 is 5.32 Å². The molecule has 2 rings (SSSR count). The van der Waals surface area contributed by atoms with Gasteiger partial charge < -0.3 is 15.0 Å². The predicted molar refractivity (Wildman–Crippen MR) is 78.7 cm³/mol. The van der Waals surface area contributed by atoms with E-state index < -0.39 is 0 Å². The Morgan fingerprint density at radius 3 is 2.65 bits per heavy atom. The van der Waals surface area contributed by atoms with Crippen molar-refractivity contribution in [2.45, 2.75) is 20.0 Å². The van der Waals surface area contributed by atoms with Crippen LogP contribution in [0.2, 0.25) is 5.02 Å². The molecular formula is C15H17ClN2O2. The number of aromatic amines is 1. The number of halogens is 1. The zero-order chi connectivity index (χ0) is 14.4. The molecular weight excluding hydrogens is 276 g/mol. The molecule has 2 aromatic rings. The Morgan fingerprint density at radius 2 is 1.95 bits per heavy atom. The summed E-state index contributed by atoms with van der Waals surface area (Å²) in [5, 5.41) is 4.04. The number of carbonyl (C=O) groups excluding carboxylic acids is 1. The molecule has 0 aliphatic carbocycles. The first-order valence-electron chi connectivity index (χ1n) is 6.48. The average Bonchev–Trinajstić information content (AvgIpc) is 2.90. The molecule has 0 unspecified atom stereocenters. The van der Waals surface area contributed by atoms with Crippen molar-refractivity contribution in [1.82, 2.24) is 10.3 Å². The lowest BCUT2D eigenvalue weighted by atomic mass is 10.2. The van der Waals surface area contributed by atoms with Gasteiger partial charge in [-0.2, -0.15) is 0 Å². The Bertz CT molecular complexity index is 564. The highest BCUT2D eigenvalue weighted by Crippen LogP contribution is 2.10. The number of ether oxygens (including phenoxy) is 1. The molecule has 1 aromatic heterocycles. The molecule has 0 spiro atoms. The summed E-state index contributed by atoms with van der Waals surface area (Å²) in [6, 6.07) is 9.50. The maximum atomic E-state index is 11.5. The summed E-state index contributed by atoms with van der Waals surface area (Å²) in [6.07, 6.45) is 1.81. The summed E-state index contributed by atoms with van der Waals surface area (Å²) in [5.41, 5.74) is 2.66. The van der Waals surface area contributed by atoms with Crippen molar-refractivity contribution in [2.75, 3.05) is 6.61 Å². The Balaban J connectivity index is 1.82. The molecule has 4 nitrogen and oxygen atoms in total. The second kappa shape index (κ2) is 7.12. The van der Waals surface area contributed by atoms with E-state index in [1.165, 1.54) is 0 Å². The maximum absolute atomic E-state index is 11.5. The number of benzene rings is 1. The summed E-state index contributed by atoms with van der Waals surface area (Å²) in [4.78, 5) is 14.4. The predicted octanol–water partition coefficient (Wildman–Crippen LogP) is 3.13. The van der Waals surface area contributed by atoms with Gasteiger partial charge in [0.2, 0.25) is 0 Å². The van der Waals surface area contributed by atoms with Gasteiger partial charge in [0.15, 0.2) is 0 Å². The molecule has 0 bridgehead atoms. The molecule has 106 valence electrons. The molecule has 5 heteroatoms. The van der Waals surface area contributed by atoms with Crippen molar-refractivity contribution in [1.29, 1.82) is 0 Å². The molecule has 0 radical (unpaired) electrons. The smallest absolute Gasteiger partial charge is 0.354 e. The molecule has 0 aliphatic heterocycles. The third-order valence-corrected chi connectivity index (χ3v) is 3.06. The first-order chi connectivity index (χ1) is 9.69. The van der Waals surface area contributed by atoms with Gasteiger partial charge in [0.1, 0.15) is 5.69 Å². The van der Waals surface area contributed by atoms with Gasteiger partial charge in [-0.1, -0.05) is 23.7 Å². The van der Waals surface area contributed by atoms with E-state index in [-0.39, 0.29) is 5.97 Å². The second-order valence-electron chi connectivity index (χ2n) is 4.37. The second-order valence-corrected chi connectivity index (χ2v) is 4.81. The number of hydrogen-bond acceptors (Lipinski definition) is 3. The lowest BCUT2D eigenvalue weighted by Gasteiger charge is -2.03. The first kappa shape index (κ1) is 14.6. The molecule has 0 saturated carbocycles. The normalized spacial score (nSPS) is 10.5. The molecule has 0 amide bonds. The van der Waals surface area contributed by atoms with Crippen molar-refractivity contribution >= 4 is 17.6 Å². The number of rotatable bonds is 6. The SMILES string of the molecule is CCOC(=O)c1cc(CNCc2ccc(Cl)cc2)c[nH]1. The zero-order valence-electron chi connectivity index (χ0n) is 11.3. The van der Waals surface area contributed by atoms with E-state index in [1.807, 2.05) is 24.3 Å². The fraction of sp³-hybridized carbons (Fsp3) is 0.267. The van der Waals surface area contributed by atoms with Crippen LogP contribution in [0.15, 0.2) is 36.5 Å². The topological polar surface area (TPSA) is 54.1 Å². The van der Waals surface area contributed by atoms with Crippen molar-refractivity contribution in [3.8, 4) is 0 Å². The largest absolute Gasteiger partial charge is 0.461 e. The lowest BCUT2D eigenvalue weighted by molar-refractivity contribution is 0.0520. The Labute approximate surface area is 123 Å². The van der Waals surface area contributed by atoms with Crippen molar-refractivity contribution in [2.24, 2.45) is 0 Å². The monoisotopic (exact) mass is 292 g/mol. The van der Waals surface area contributed by atoms with E-state index in [0.717, 1.165) is 22.7 Å². The van der Waals surface area contributed by atoms with Gasteiger partial charge in [-0.3, -0.25) is 0 Å². The zero-order valence-corrected chi connectivity index (χ0v) is 12.0. The van der Waals surface area contributed by atoms with Crippen LogP contribution in [0.5, 0.6) is 0 Å². The number of hydrogen-bond donors (Lipinski definition) is 2. The van der Waals surface area contributed by atoms with E-state index in [2.05, 4.69) is 10.3 Å². The lowest BCUT2D eigenvalue weighted by Crippen LogP contribution is -2.12. The number of esters is 1. The fourth-order valence-corrected chi connectivity index (χ4v) is 1.95. The van der Waals surface area contributed by atoms with E-state index >= 15 is 0 Å². The van der Waals surface area contributed by atoms with Crippen molar-refractivity contribution in [3.63, 3.8) is 0 Å². The molecule has 0 aliphatic rings. The van der Waals surface area contributed by atoms with E-state index in [4.69, 9.17) is 16.3 Å². The van der Waals surface area contributed by atoms with Crippen LogP contribution in [0.3, 0.4) is 0 Å². The van der Waals surface area contributed by atoms with Gasteiger partial charge in [0.05, 0.1) is 6.61 Å². The number of aromatic nitrogens is 1. The van der Waals surface area contributed by atoms with Gasteiger partial charge in [-0.15, -0.1) is 0 Å². The van der Waals surface area contributed by atoms with Gasteiger partial charge in [0, 0.05) is 24.3 Å². The van der Waals surface area contributed by atoms with Crippen LogP contribution in [0, 0.1) is 0 Å². The molecule has 20 heavy (non-hydrogen) atoms. The Kier molecular flexibility index (Phi) is 5.21. The number of nitrogens with one attached hydrogen (secondary N) is 2. The standard InChI is InChI=1S/C15H17ClN2O2/c1-2-20-15(19)14-7-12(10-18-14)9-17-8-11-3-5-13(16)6-4-11/h3-7,10,17-18H,2,8-9H2,1H3. The third kappa shape index (κ3) is 4.11.